The topological polar surface area (TPSA) is 46.2 Å². The Hall–Kier alpha value is -0.950. The summed E-state index contributed by atoms with van der Waals surface area (Å²) in [7, 11) is 0. The highest BCUT2D eigenvalue weighted by atomic mass is 35.5. The zero-order valence-electron chi connectivity index (χ0n) is 14.0. The van der Waals surface area contributed by atoms with E-state index in [-0.39, 0.29) is 0 Å². The Morgan fingerprint density at radius 1 is 0.750 bits per heavy atom. The minimum Gasteiger partial charge on any atom is -0.375 e. The molecule has 0 aromatic carbocycles. The lowest BCUT2D eigenvalue weighted by molar-refractivity contribution is -0.242. The number of alkyl halides is 1. The van der Waals surface area contributed by atoms with Gasteiger partial charge in [-0.25, -0.2) is 0 Å². The summed E-state index contributed by atoms with van der Waals surface area (Å²) in [5.41, 5.74) is -0.694. The van der Waals surface area contributed by atoms with Crippen LogP contribution in [0.1, 0.15) is 0 Å². The lowest BCUT2D eigenvalue weighted by Gasteiger charge is -2.44. The normalized spacial score (nSPS) is 29.8. The summed E-state index contributed by atoms with van der Waals surface area (Å²) in [6, 6.07) is 0. The van der Waals surface area contributed by atoms with Crippen molar-refractivity contribution in [2.24, 2.45) is 0 Å². The molecule has 1 heterocycles. The van der Waals surface area contributed by atoms with Gasteiger partial charge in [0, 0.05) is 0 Å². The predicted molar refractivity (Wildman–Crippen MR) is 95.3 cm³/mol. The summed E-state index contributed by atoms with van der Waals surface area (Å²) < 4.78 is 28.8. The largest absolute Gasteiger partial charge is 0.375 e. The minimum atomic E-state index is -0.694. The van der Waals surface area contributed by atoms with E-state index in [9.17, 15) is 0 Å². The fraction of sp³-hybridized carbons (Fsp3) is 0.556. The Balaban J connectivity index is 2.92. The lowest BCUT2D eigenvalue weighted by Crippen LogP contribution is -2.60. The molecule has 0 aromatic heterocycles. The molecule has 1 saturated heterocycles. The smallest absolute Gasteiger partial charge is 0.160 e. The molecule has 1 unspecified atom stereocenters. The third-order valence-corrected chi connectivity index (χ3v) is 3.67. The van der Waals surface area contributed by atoms with Crippen molar-refractivity contribution in [3.8, 4) is 0 Å². The standard InChI is InChI=1S/C18H27ClO5/c1-5-9-20-13-14-15(21-10-6-2)16(22-11-7-3)17(18(19)24-14)23-12-8-4/h5-8,14-18H,1-4,9-13H2/t14-,15-,16+,17+,18?/m1/s1. The van der Waals surface area contributed by atoms with Gasteiger partial charge in [-0.2, -0.15) is 0 Å². The molecule has 0 saturated carbocycles. The Morgan fingerprint density at radius 2 is 1.25 bits per heavy atom. The molecule has 6 heteroatoms. The van der Waals surface area contributed by atoms with Gasteiger partial charge in [0.2, 0.25) is 0 Å². The van der Waals surface area contributed by atoms with Crippen molar-refractivity contribution in [2.45, 2.75) is 30.0 Å². The van der Waals surface area contributed by atoms with E-state index in [1.165, 1.54) is 0 Å². The Morgan fingerprint density at radius 3 is 1.79 bits per heavy atom. The molecule has 1 rings (SSSR count). The summed E-state index contributed by atoms with van der Waals surface area (Å²) in [6.07, 6.45) is 4.89. The van der Waals surface area contributed by atoms with Crippen LogP contribution in [0.4, 0.5) is 0 Å². The quantitative estimate of drug-likeness (QED) is 0.288. The molecule has 0 amide bonds. The van der Waals surface area contributed by atoms with Gasteiger partial charge in [-0.3, -0.25) is 0 Å². The van der Waals surface area contributed by atoms with E-state index < -0.39 is 30.0 Å². The summed E-state index contributed by atoms with van der Waals surface area (Å²) in [6.45, 7) is 16.4. The van der Waals surface area contributed by atoms with Gasteiger partial charge < -0.3 is 23.7 Å². The fourth-order valence-corrected chi connectivity index (χ4v) is 2.72. The molecule has 0 spiro atoms. The first kappa shape index (κ1) is 21.1. The molecule has 0 aliphatic carbocycles. The molecule has 0 N–H and O–H groups in total. The van der Waals surface area contributed by atoms with Crippen molar-refractivity contribution in [3.63, 3.8) is 0 Å². The number of hydrogen-bond donors (Lipinski definition) is 0. The molecular formula is C18H27ClO5. The van der Waals surface area contributed by atoms with Crippen molar-refractivity contribution in [2.75, 3.05) is 33.0 Å². The van der Waals surface area contributed by atoms with Crippen LogP contribution in [-0.4, -0.2) is 63.0 Å². The van der Waals surface area contributed by atoms with Crippen molar-refractivity contribution in [3.05, 3.63) is 50.6 Å². The van der Waals surface area contributed by atoms with Crippen LogP contribution in [0.3, 0.4) is 0 Å². The van der Waals surface area contributed by atoms with Crippen LogP contribution >= 0.6 is 11.6 Å². The van der Waals surface area contributed by atoms with Crippen molar-refractivity contribution in [1.29, 1.82) is 0 Å². The minimum absolute atomic E-state index is 0.305. The first-order chi connectivity index (χ1) is 11.7. The number of rotatable bonds is 13. The van der Waals surface area contributed by atoms with Crippen LogP contribution in [0.25, 0.3) is 0 Å². The van der Waals surface area contributed by atoms with Gasteiger partial charge in [0.15, 0.2) is 5.56 Å². The van der Waals surface area contributed by atoms with E-state index >= 15 is 0 Å². The number of halogens is 1. The zero-order valence-corrected chi connectivity index (χ0v) is 14.7. The van der Waals surface area contributed by atoms with Crippen molar-refractivity contribution < 1.29 is 23.7 Å². The second-order valence-corrected chi connectivity index (χ2v) is 5.54. The van der Waals surface area contributed by atoms with Crippen LogP contribution in [-0.2, 0) is 23.7 Å². The summed E-state index contributed by atoms with van der Waals surface area (Å²) in [4.78, 5) is 0. The van der Waals surface area contributed by atoms with E-state index in [0.717, 1.165) is 0 Å². The van der Waals surface area contributed by atoms with Gasteiger partial charge >= 0.3 is 0 Å². The van der Waals surface area contributed by atoms with E-state index in [1.807, 2.05) is 0 Å². The highest BCUT2D eigenvalue weighted by Gasteiger charge is 2.47. The van der Waals surface area contributed by atoms with Gasteiger partial charge in [0.25, 0.3) is 0 Å². The molecule has 0 radical (unpaired) electrons. The van der Waals surface area contributed by atoms with E-state index in [1.54, 1.807) is 24.3 Å². The highest BCUT2D eigenvalue weighted by molar-refractivity contribution is 6.20. The van der Waals surface area contributed by atoms with Crippen LogP contribution < -0.4 is 0 Å². The Kier molecular flexibility index (Phi) is 10.9. The zero-order chi connectivity index (χ0) is 17.8. The third kappa shape index (κ3) is 6.51. The Labute approximate surface area is 149 Å². The van der Waals surface area contributed by atoms with Gasteiger partial charge in [-0.1, -0.05) is 35.9 Å². The molecular weight excluding hydrogens is 332 g/mol. The lowest BCUT2D eigenvalue weighted by atomic mass is 9.99. The van der Waals surface area contributed by atoms with E-state index in [2.05, 4.69) is 26.3 Å². The van der Waals surface area contributed by atoms with Gasteiger partial charge in [0.1, 0.15) is 24.4 Å². The molecule has 5 nitrogen and oxygen atoms in total. The number of ether oxygens (including phenoxy) is 5. The summed E-state index contributed by atoms with van der Waals surface area (Å²) in [5.74, 6) is 0. The van der Waals surface area contributed by atoms with Crippen LogP contribution in [0.2, 0.25) is 0 Å². The van der Waals surface area contributed by atoms with Gasteiger partial charge in [-0.05, 0) is 0 Å². The SMILES string of the molecule is C=CCOC[C@H]1OC(Cl)[C@@H](OCC=C)[C@@H](OCC=C)[C@@H]1OCC=C. The third-order valence-electron chi connectivity index (χ3n) is 3.31. The molecule has 136 valence electrons. The first-order valence-electron chi connectivity index (χ1n) is 7.85. The monoisotopic (exact) mass is 358 g/mol. The molecule has 1 fully saturated rings. The van der Waals surface area contributed by atoms with Crippen LogP contribution in [0, 0.1) is 0 Å². The van der Waals surface area contributed by atoms with E-state index in [0.29, 0.717) is 33.0 Å². The maximum absolute atomic E-state index is 6.36. The summed E-state index contributed by atoms with van der Waals surface area (Å²) >= 11 is 6.36. The molecule has 5 atom stereocenters. The molecule has 0 aromatic rings. The average Bonchev–Trinajstić information content (AvgIpc) is 2.58. The molecule has 1 aliphatic heterocycles. The summed E-state index contributed by atoms with van der Waals surface area (Å²) in [5, 5.41) is 0. The predicted octanol–water partition coefficient (Wildman–Crippen LogP) is 2.87. The molecule has 1 aliphatic rings. The van der Waals surface area contributed by atoms with Gasteiger partial charge in [-0.15, -0.1) is 26.3 Å². The van der Waals surface area contributed by atoms with Gasteiger partial charge in [0.05, 0.1) is 33.0 Å². The second kappa shape index (κ2) is 12.4. The van der Waals surface area contributed by atoms with Crippen LogP contribution in [0.15, 0.2) is 50.6 Å². The Bertz CT molecular complexity index is 401. The maximum Gasteiger partial charge on any atom is 0.160 e. The van der Waals surface area contributed by atoms with Crippen molar-refractivity contribution in [1.82, 2.24) is 0 Å². The second-order valence-electron chi connectivity index (χ2n) is 5.11. The fourth-order valence-electron chi connectivity index (χ4n) is 2.37. The highest BCUT2D eigenvalue weighted by Crippen LogP contribution is 2.30. The molecule has 0 bridgehead atoms. The van der Waals surface area contributed by atoms with Crippen molar-refractivity contribution >= 4 is 11.6 Å². The van der Waals surface area contributed by atoms with Crippen LogP contribution in [0.5, 0.6) is 0 Å². The first-order valence-corrected chi connectivity index (χ1v) is 8.28. The van der Waals surface area contributed by atoms with E-state index in [4.69, 9.17) is 35.3 Å². The number of hydrogen-bond acceptors (Lipinski definition) is 5. The molecule has 24 heavy (non-hydrogen) atoms. The maximum atomic E-state index is 6.36. The average molecular weight is 359 g/mol.